The molecule has 0 aliphatic heterocycles. The molecule has 1 unspecified atom stereocenters. The van der Waals surface area contributed by atoms with Gasteiger partial charge in [-0.3, -0.25) is 0 Å². The topological polar surface area (TPSA) is 0 Å². The van der Waals surface area contributed by atoms with Crippen molar-refractivity contribution in [2.24, 2.45) is 5.92 Å². The molecular weight excluding hydrogens is 763 g/mol. The molecule has 0 aromatic heterocycles. The van der Waals surface area contributed by atoms with Gasteiger partial charge in [0.05, 0.1) is 0 Å². The minimum Gasteiger partial charge on any atom is -1.00 e. The van der Waals surface area contributed by atoms with Gasteiger partial charge in [0.25, 0.3) is 0 Å². The average Bonchev–Trinajstić information content (AvgIpc) is 3.49. The van der Waals surface area contributed by atoms with Gasteiger partial charge in [0.15, 0.2) is 0 Å². The van der Waals surface area contributed by atoms with E-state index in [1.165, 1.54) is 50.1 Å². The molecule has 0 amide bonds. The van der Waals surface area contributed by atoms with Crippen molar-refractivity contribution in [1.29, 1.82) is 0 Å². The first-order valence-electron chi connectivity index (χ1n) is 19.2. The fourth-order valence-corrected chi connectivity index (χ4v) is 18.4. The molecule has 0 spiro atoms. The molecule has 2 aliphatic rings. The molecule has 0 fully saturated rings. The monoisotopic (exact) mass is 822 g/mol. The summed E-state index contributed by atoms with van der Waals surface area (Å²) in [6.07, 6.45) is 2.56. The van der Waals surface area contributed by atoms with E-state index in [9.17, 15) is 0 Å². The summed E-state index contributed by atoms with van der Waals surface area (Å²) in [6, 6.07) is 34.5. The fraction of sp³-hybridized carbons (Fsp3) is 0.420. The number of fused-ring (bicyclic) bond motifs is 3. The molecular formula is C50H62Cl2Zr. The van der Waals surface area contributed by atoms with Crippen LogP contribution in [0.5, 0.6) is 0 Å². The Morgan fingerprint density at radius 3 is 1.13 bits per heavy atom. The van der Waals surface area contributed by atoms with Crippen LogP contribution in [0.25, 0.3) is 11.1 Å². The average molecular weight is 825 g/mol. The number of benzene rings is 4. The first-order chi connectivity index (χ1) is 23.6. The van der Waals surface area contributed by atoms with Crippen LogP contribution in [0, 0.1) is 5.92 Å². The molecule has 4 aromatic carbocycles. The molecule has 280 valence electrons. The second kappa shape index (κ2) is 15.3. The summed E-state index contributed by atoms with van der Waals surface area (Å²) >= 11 is -2.97. The molecule has 0 saturated heterocycles. The predicted molar refractivity (Wildman–Crippen MR) is 220 cm³/mol. The third kappa shape index (κ3) is 8.44. The van der Waals surface area contributed by atoms with Gasteiger partial charge in [-0.25, -0.2) is 0 Å². The van der Waals surface area contributed by atoms with Crippen LogP contribution in [0.2, 0.25) is 0 Å². The maximum atomic E-state index is 2.62. The van der Waals surface area contributed by atoms with Crippen LogP contribution in [0.4, 0.5) is 0 Å². The summed E-state index contributed by atoms with van der Waals surface area (Å²) in [5, 5.41) is 0. The number of halogens is 2. The van der Waals surface area contributed by atoms with E-state index in [0.29, 0.717) is 9.54 Å². The van der Waals surface area contributed by atoms with Crippen LogP contribution in [-0.2, 0) is 42.9 Å². The smallest absolute Gasteiger partial charge is 1.00 e. The Labute approximate surface area is 343 Å². The summed E-state index contributed by atoms with van der Waals surface area (Å²) in [5.74, 6) is 0.432. The van der Waals surface area contributed by atoms with Crippen LogP contribution in [0.3, 0.4) is 0 Å². The van der Waals surface area contributed by atoms with E-state index >= 15 is 0 Å². The van der Waals surface area contributed by atoms with E-state index in [-0.39, 0.29) is 46.5 Å². The normalized spacial score (nSPS) is 15.9. The van der Waals surface area contributed by atoms with Gasteiger partial charge >= 0.3 is 321 Å². The fourth-order valence-electron chi connectivity index (χ4n) is 8.28. The molecule has 4 aromatic rings. The second-order valence-corrected chi connectivity index (χ2v) is 25.7. The SMILES string of the molecule is CC1=CC(C)[C]([Zr+2](=[C](c2ccc(C(C)(C)C)cc2)c2ccc(C(C)(C)C)cc2)[CH]2c3cc(C(C)(C)C)ccc3-c3ccc(C(C)(C)C)cc32)=C1C.[Cl-].[Cl-]. The standard InChI is InChI=1S/C21H25.C21H26.C8H11.2ClH.Zr/c1-20(2,3)16-7-9-18-14(12-16)11-15-13-17(21(4,5)6)8-10-19(15)18;1-20(2,3)18-11-7-16(8-12-18)15-17-9-13-19(14-10-17)21(4,5)6;1-6-4-7(2)8(3)5-6;;;/h7-13H,1-6H3;7-14H,1-6H3;4,6H,1-3H3;2*1H;/q;;;;;+2/p-2. The summed E-state index contributed by atoms with van der Waals surface area (Å²) in [6.45, 7) is 35.4. The zero-order chi connectivity index (χ0) is 37.4. The molecule has 6 rings (SSSR count). The Balaban J connectivity index is 0.00000314. The van der Waals surface area contributed by atoms with E-state index in [0.717, 1.165) is 0 Å². The minimum atomic E-state index is -2.97. The van der Waals surface area contributed by atoms with Gasteiger partial charge in [-0.05, 0) is 0 Å². The Hall–Kier alpha value is -2.31. The van der Waals surface area contributed by atoms with Gasteiger partial charge in [-0.1, -0.05) is 0 Å². The summed E-state index contributed by atoms with van der Waals surface area (Å²) in [5.41, 5.74) is 17.8. The zero-order valence-electron chi connectivity index (χ0n) is 35.1. The van der Waals surface area contributed by atoms with E-state index in [1.807, 2.05) is 0 Å². The third-order valence-corrected chi connectivity index (χ3v) is 20.8. The summed E-state index contributed by atoms with van der Waals surface area (Å²) in [4.78, 5) is 0. The number of hydrogen-bond acceptors (Lipinski definition) is 0. The molecule has 0 saturated carbocycles. The Morgan fingerprint density at radius 2 is 0.830 bits per heavy atom. The number of allylic oxidation sites excluding steroid dienone is 4. The Bertz CT molecular complexity index is 1950. The van der Waals surface area contributed by atoms with E-state index in [2.05, 4.69) is 195 Å². The number of rotatable bonds is 4. The first kappa shape index (κ1) is 43.4. The molecule has 0 bridgehead atoms. The van der Waals surface area contributed by atoms with Crippen molar-refractivity contribution in [2.45, 2.75) is 129 Å². The van der Waals surface area contributed by atoms with Gasteiger partial charge < -0.3 is 24.8 Å². The van der Waals surface area contributed by atoms with Crippen LogP contribution < -0.4 is 24.8 Å². The molecule has 0 N–H and O–H groups in total. The van der Waals surface area contributed by atoms with Crippen LogP contribution >= 0.6 is 0 Å². The van der Waals surface area contributed by atoms with E-state index < -0.39 is 21.3 Å². The third-order valence-electron chi connectivity index (χ3n) is 11.6. The minimum absolute atomic E-state index is 0. The van der Waals surface area contributed by atoms with Crippen molar-refractivity contribution < 1.29 is 46.1 Å². The molecule has 0 nitrogen and oxygen atoms in total. The largest absolute Gasteiger partial charge is 1.00 e. The molecule has 0 radical (unpaired) electrons. The van der Waals surface area contributed by atoms with E-state index in [1.54, 1.807) is 23.2 Å². The van der Waals surface area contributed by atoms with Crippen molar-refractivity contribution in [1.82, 2.24) is 0 Å². The predicted octanol–water partition coefficient (Wildman–Crippen LogP) is 7.71. The first-order valence-corrected chi connectivity index (χ1v) is 23.1. The molecule has 53 heavy (non-hydrogen) atoms. The summed E-state index contributed by atoms with van der Waals surface area (Å²) < 4.78 is 3.76. The van der Waals surface area contributed by atoms with Crippen molar-refractivity contribution in [3.8, 4) is 11.1 Å². The van der Waals surface area contributed by atoms with Gasteiger partial charge in [0.1, 0.15) is 0 Å². The maximum absolute atomic E-state index is 2.97. The second-order valence-electron chi connectivity index (χ2n) is 19.7. The summed E-state index contributed by atoms with van der Waals surface area (Å²) in [7, 11) is 0. The van der Waals surface area contributed by atoms with Crippen molar-refractivity contribution in [2.75, 3.05) is 0 Å². The van der Waals surface area contributed by atoms with Crippen molar-refractivity contribution in [3.63, 3.8) is 0 Å². The molecule has 2 aliphatic carbocycles. The van der Waals surface area contributed by atoms with E-state index in [4.69, 9.17) is 0 Å². The van der Waals surface area contributed by atoms with Gasteiger partial charge in [-0.2, -0.15) is 0 Å². The molecule has 0 heterocycles. The van der Waals surface area contributed by atoms with Crippen LogP contribution in [-0.4, -0.2) is 3.21 Å². The van der Waals surface area contributed by atoms with Gasteiger partial charge in [0.2, 0.25) is 0 Å². The molecule has 1 atom stereocenters. The van der Waals surface area contributed by atoms with Crippen LogP contribution in [0.1, 0.15) is 152 Å². The van der Waals surface area contributed by atoms with Crippen molar-refractivity contribution >= 4 is 3.21 Å². The van der Waals surface area contributed by atoms with Gasteiger partial charge in [-0.15, -0.1) is 0 Å². The number of hydrogen-bond donors (Lipinski definition) is 0. The quantitative estimate of drug-likeness (QED) is 0.198. The van der Waals surface area contributed by atoms with Crippen LogP contribution in [0.15, 0.2) is 105 Å². The maximum Gasteiger partial charge on any atom is -1.00 e. The molecule has 3 heteroatoms. The Kier molecular flexibility index (Phi) is 12.6. The Morgan fingerprint density at radius 1 is 0.491 bits per heavy atom. The van der Waals surface area contributed by atoms with Gasteiger partial charge in [0, 0.05) is 0 Å². The zero-order valence-corrected chi connectivity index (χ0v) is 39.0. The van der Waals surface area contributed by atoms with Crippen molar-refractivity contribution in [3.05, 3.63) is 150 Å².